The van der Waals surface area contributed by atoms with Gasteiger partial charge in [-0.3, -0.25) is 0 Å². The largest absolute Gasteiger partial charge is 0.455 e. The van der Waals surface area contributed by atoms with E-state index in [-0.39, 0.29) is 0 Å². The number of para-hydroxylation sites is 1. The lowest BCUT2D eigenvalue weighted by Crippen LogP contribution is -2.04. The zero-order chi connectivity index (χ0) is 36.0. The van der Waals surface area contributed by atoms with Gasteiger partial charge < -0.3 is 4.42 Å². The minimum absolute atomic E-state index is 0.469. The number of rotatable bonds is 6. The highest BCUT2D eigenvalue weighted by Gasteiger charge is 2.22. The minimum Gasteiger partial charge on any atom is -0.455 e. The summed E-state index contributed by atoms with van der Waals surface area (Å²) in [6.07, 6.45) is 3.34. The van der Waals surface area contributed by atoms with Gasteiger partial charge in [-0.2, -0.15) is 0 Å². The predicted molar refractivity (Wildman–Crippen MR) is 222 cm³/mol. The minimum atomic E-state index is 0.469. The van der Waals surface area contributed by atoms with Crippen LogP contribution in [-0.4, -0.2) is 15.0 Å². The average Bonchev–Trinajstić information content (AvgIpc) is 3.64. The summed E-state index contributed by atoms with van der Waals surface area (Å²) in [5, 5.41) is 2.01. The molecule has 1 aliphatic rings. The van der Waals surface area contributed by atoms with Crippen molar-refractivity contribution in [2.24, 2.45) is 0 Å². The third kappa shape index (κ3) is 5.69. The number of allylic oxidation sites excluding steroid dienone is 1. The maximum atomic E-state index is 6.67. The van der Waals surface area contributed by atoms with Gasteiger partial charge in [0.15, 0.2) is 17.5 Å². The van der Waals surface area contributed by atoms with Crippen LogP contribution < -0.4 is 0 Å². The molecule has 0 spiro atoms. The standard InChI is InChI=1S/C50H35N3O/c1-32-30-40(31-39-16-8-9-17-41(32)39)35-22-26-38(27-23-35)49-51-48(37-14-6-3-7-15-37)52-50(53-49)44-29-28-42(47-46(44)43-18-10-11-19-45(43)54-47)36-24-20-34(21-25-36)33-12-4-2-5-13-33/h2-29,31-32H,30H2,1H3. The summed E-state index contributed by atoms with van der Waals surface area (Å²) in [6.45, 7) is 2.31. The average molecular weight is 694 g/mol. The van der Waals surface area contributed by atoms with Gasteiger partial charge in [0, 0.05) is 33.0 Å². The number of fused-ring (bicyclic) bond motifs is 4. The first-order valence-corrected chi connectivity index (χ1v) is 18.5. The topological polar surface area (TPSA) is 51.8 Å². The Labute approximate surface area is 314 Å². The van der Waals surface area contributed by atoms with Crippen molar-refractivity contribution in [3.63, 3.8) is 0 Å². The van der Waals surface area contributed by atoms with E-state index >= 15 is 0 Å². The number of hydrogen-bond donors (Lipinski definition) is 0. The molecule has 0 fully saturated rings. The quantitative estimate of drug-likeness (QED) is 0.174. The molecular formula is C50H35N3O. The van der Waals surface area contributed by atoms with Crippen LogP contribution in [-0.2, 0) is 0 Å². The molecule has 0 bridgehead atoms. The summed E-state index contributed by atoms with van der Waals surface area (Å²) in [7, 11) is 0. The van der Waals surface area contributed by atoms with Crippen LogP contribution in [0, 0.1) is 0 Å². The summed E-state index contributed by atoms with van der Waals surface area (Å²) in [5.41, 5.74) is 14.2. The van der Waals surface area contributed by atoms with Gasteiger partial charge in [0.2, 0.25) is 0 Å². The second-order valence-corrected chi connectivity index (χ2v) is 14.1. The Kier molecular flexibility index (Phi) is 7.80. The number of aromatic nitrogens is 3. The Morgan fingerprint density at radius 3 is 1.76 bits per heavy atom. The Hall–Kier alpha value is -6.91. The first-order chi connectivity index (χ1) is 26.7. The Morgan fingerprint density at radius 2 is 1.00 bits per heavy atom. The molecule has 1 aliphatic carbocycles. The normalized spacial score (nSPS) is 13.9. The lowest BCUT2D eigenvalue weighted by atomic mass is 9.82. The molecule has 256 valence electrons. The zero-order valence-corrected chi connectivity index (χ0v) is 29.8. The fraction of sp³-hybridized carbons (Fsp3) is 0.0600. The van der Waals surface area contributed by atoms with Crippen LogP contribution in [0.4, 0.5) is 0 Å². The molecule has 2 aromatic heterocycles. The third-order valence-corrected chi connectivity index (χ3v) is 10.6. The van der Waals surface area contributed by atoms with Crippen molar-refractivity contribution in [3.8, 4) is 56.4 Å². The van der Waals surface area contributed by atoms with E-state index < -0.39 is 0 Å². The van der Waals surface area contributed by atoms with Gasteiger partial charge in [-0.15, -0.1) is 0 Å². The maximum Gasteiger partial charge on any atom is 0.164 e. The zero-order valence-electron chi connectivity index (χ0n) is 29.8. The van der Waals surface area contributed by atoms with Gasteiger partial charge in [-0.25, -0.2) is 15.0 Å². The highest BCUT2D eigenvalue weighted by Crippen LogP contribution is 2.42. The summed E-state index contributed by atoms with van der Waals surface area (Å²) in [5.74, 6) is 2.33. The highest BCUT2D eigenvalue weighted by molar-refractivity contribution is 6.15. The van der Waals surface area contributed by atoms with E-state index in [0.717, 1.165) is 56.2 Å². The van der Waals surface area contributed by atoms with Crippen LogP contribution in [0.1, 0.15) is 36.0 Å². The molecule has 0 radical (unpaired) electrons. The Morgan fingerprint density at radius 1 is 0.463 bits per heavy atom. The fourth-order valence-corrected chi connectivity index (χ4v) is 7.87. The van der Waals surface area contributed by atoms with Crippen LogP contribution in [0.2, 0.25) is 0 Å². The summed E-state index contributed by atoms with van der Waals surface area (Å²) >= 11 is 0. The van der Waals surface area contributed by atoms with E-state index in [9.17, 15) is 0 Å². The smallest absolute Gasteiger partial charge is 0.164 e. The molecule has 54 heavy (non-hydrogen) atoms. The van der Waals surface area contributed by atoms with E-state index in [1.165, 1.54) is 33.4 Å². The second kappa shape index (κ2) is 13.3. The van der Waals surface area contributed by atoms with Gasteiger partial charge in [0.05, 0.1) is 0 Å². The first-order valence-electron chi connectivity index (χ1n) is 18.5. The predicted octanol–water partition coefficient (Wildman–Crippen LogP) is 13.2. The summed E-state index contributed by atoms with van der Waals surface area (Å²) < 4.78 is 6.67. The van der Waals surface area contributed by atoms with Crippen molar-refractivity contribution in [2.75, 3.05) is 0 Å². The SMILES string of the molecule is CC1CC(c2ccc(-c3nc(-c4ccccc4)nc(-c4ccc(-c5ccc(-c6ccccc6)cc5)c5oc6ccccc6c45)n3)cc2)=Cc2ccccc21. The van der Waals surface area contributed by atoms with Crippen LogP contribution in [0.5, 0.6) is 0 Å². The van der Waals surface area contributed by atoms with Gasteiger partial charge >= 0.3 is 0 Å². The van der Waals surface area contributed by atoms with Crippen molar-refractivity contribution in [3.05, 3.63) is 187 Å². The molecule has 1 atom stereocenters. The van der Waals surface area contributed by atoms with Gasteiger partial charge in [-0.05, 0) is 69.5 Å². The number of hydrogen-bond acceptors (Lipinski definition) is 4. The van der Waals surface area contributed by atoms with E-state index in [4.69, 9.17) is 19.4 Å². The van der Waals surface area contributed by atoms with E-state index in [1.54, 1.807) is 0 Å². The molecule has 10 rings (SSSR count). The van der Waals surface area contributed by atoms with Crippen molar-refractivity contribution in [2.45, 2.75) is 19.3 Å². The van der Waals surface area contributed by atoms with E-state index in [2.05, 4.69) is 134 Å². The van der Waals surface area contributed by atoms with Crippen molar-refractivity contribution in [1.82, 2.24) is 15.0 Å². The molecule has 0 N–H and O–H groups in total. The molecule has 7 aromatic carbocycles. The fourth-order valence-electron chi connectivity index (χ4n) is 7.87. The van der Waals surface area contributed by atoms with E-state index in [1.807, 2.05) is 48.5 Å². The monoisotopic (exact) mass is 693 g/mol. The molecule has 0 saturated heterocycles. The molecule has 2 heterocycles. The molecule has 0 saturated carbocycles. The molecule has 4 nitrogen and oxygen atoms in total. The molecule has 9 aromatic rings. The van der Waals surface area contributed by atoms with Gasteiger partial charge in [0.1, 0.15) is 11.2 Å². The van der Waals surface area contributed by atoms with Crippen LogP contribution in [0.25, 0.3) is 90.0 Å². The second-order valence-electron chi connectivity index (χ2n) is 14.1. The molecule has 4 heteroatoms. The third-order valence-electron chi connectivity index (χ3n) is 10.6. The Balaban J connectivity index is 1.10. The summed E-state index contributed by atoms with van der Waals surface area (Å²) in [6, 6.07) is 59.2. The number of benzene rings is 7. The van der Waals surface area contributed by atoms with Crippen molar-refractivity contribution < 1.29 is 4.42 Å². The lowest BCUT2D eigenvalue weighted by Gasteiger charge is -2.23. The number of furan rings is 1. The highest BCUT2D eigenvalue weighted by atomic mass is 16.3. The van der Waals surface area contributed by atoms with Crippen molar-refractivity contribution >= 4 is 33.6 Å². The molecule has 0 aliphatic heterocycles. The first kappa shape index (κ1) is 31.8. The van der Waals surface area contributed by atoms with Crippen LogP contribution in [0.15, 0.2) is 174 Å². The molecule has 1 unspecified atom stereocenters. The number of nitrogens with zero attached hydrogens (tertiary/aromatic N) is 3. The van der Waals surface area contributed by atoms with Crippen molar-refractivity contribution in [1.29, 1.82) is 0 Å². The Bertz CT molecular complexity index is 2840. The lowest BCUT2D eigenvalue weighted by molar-refractivity contribution is 0.670. The van der Waals surface area contributed by atoms with Crippen LogP contribution >= 0.6 is 0 Å². The van der Waals surface area contributed by atoms with Crippen LogP contribution in [0.3, 0.4) is 0 Å². The van der Waals surface area contributed by atoms with E-state index in [0.29, 0.717) is 23.4 Å². The summed E-state index contributed by atoms with van der Waals surface area (Å²) in [4.78, 5) is 15.4. The van der Waals surface area contributed by atoms with Gasteiger partial charge in [0.25, 0.3) is 0 Å². The maximum absolute atomic E-state index is 6.67. The van der Waals surface area contributed by atoms with Gasteiger partial charge in [-0.1, -0.05) is 165 Å². The molecule has 0 amide bonds. The molecular weight excluding hydrogens is 659 g/mol.